The van der Waals surface area contributed by atoms with Crippen LogP contribution < -0.4 is 5.14 Å². The summed E-state index contributed by atoms with van der Waals surface area (Å²) in [5.41, 5.74) is 0. The third-order valence-electron chi connectivity index (χ3n) is 2.12. The fraction of sp³-hybridized carbons (Fsp3) is 1.00. The Hall–Kier alpha value is -0.130. The fourth-order valence-corrected chi connectivity index (χ4v) is 2.70. The van der Waals surface area contributed by atoms with Crippen LogP contribution in [0.5, 0.6) is 0 Å². The molecule has 5 heteroatoms. The molecule has 0 unspecified atom stereocenters. The highest BCUT2D eigenvalue weighted by Crippen LogP contribution is 2.25. The van der Waals surface area contributed by atoms with Crippen molar-refractivity contribution in [3.8, 4) is 0 Å². The van der Waals surface area contributed by atoms with E-state index >= 15 is 0 Å². The first kappa shape index (κ1) is 8.96. The quantitative estimate of drug-likeness (QED) is 0.640. The average Bonchev–Trinajstić information content (AvgIpc) is 2.31. The molecule has 0 bridgehead atoms. The van der Waals surface area contributed by atoms with E-state index in [4.69, 9.17) is 9.88 Å². The Kier molecular flexibility index (Phi) is 2.51. The lowest BCUT2D eigenvalue weighted by Gasteiger charge is -2.14. The summed E-state index contributed by atoms with van der Waals surface area (Å²) in [6.45, 7) is 0. The number of rotatable bonds is 2. The van der Waals surface area contributed by atoms with Crippen LogP contribution in [0.3, 0.4) is 0 Å². The van der Waals surface area contributed by atoms with Crippen LogP contribution >= 0.6 is 0 Å². The molecule has 1 aliphatic rings. The van der Waals surface area contributed by atoms with E-state index in [0.29, 0.717) is 6.42 Å². The smallest absolute Gasteiger partial charge is 0.214 e. The van der Waals surface area contributed by atoms with Gasteiger partial charge in [-0.2, -0.15) is 0 Å². The van der Waals surface area contributed by atoms with Crippen molar-refractivity contribution in [2.45, 2.75) is 30.6 Å². The van der Waals surface area contributed by atoms with Crippen molar-refractivity contribution in [2.24, 2.45) is 5.14 Å². The molecule has 0 radical (unpaired) electrons. The zero-order chi connectivity index (χ0) is 8.48. The molecular formula is C6H13NO3S. The highest BCUT2D eigenvalue weighted by Gasteiger charge is 2.35. The summed E-state index contributed by atoms with van der Waals surface area (Å²) in [6, 6.07) is 0. The molecular weight excluding hydrogens is 166 g/mol. The molecule has 0 saturated heterocycles. The molecule has 66 valence electrons. The van der Waals surface area contributed by atoms with Crippen molar-refractivity contribution in [3.63, 3.8) is 0 Å². The Bertz CT molecular complexity index is 224. The van der Waals surface area contributed by atoms with Gasteiger partial charge in [0.1, 0.15) is 5.25 Å². The van der Waals surface area contributed by atoms with Crippen LogP contribution in [0.25, 0.3) is 0 Å². The summed E-state index contributed by atoms with van der Waals surface area (Å²) in [6.07, 6.45) is 2.14. The van der Waals surface area contributed by atoms with Crippen molar-refractivity contribution >= 4 is 10.0 Å². The summed E-state index contributed by atoms with van der Waals surface area (Å²) in [5, 5.41) is 4.52. The van der Waals surface area contributed by atoms with E-state index in [0.717, 1.165) is 12.8 Å². The number of primary sulfonamides is 1. The lowest BCUT2D eigenvalue weighted by molar-refractivity contribution is 0.111. The normalized spacial score (nSPS) is 32.5. The third kappa shape index (κ3) is 1.91. The van der Waals surface area contributed by atoms with E-state index in [1.165, 1.54) is 7.11 Å². The minimum atomic E-state index is -3.39. The average molecular weight is 179 g/mol. The van der Waals surface area contributed by atoms with E-state index in [1.54, 1.807) is 0 Å². The monoisotopic (exact) mass is 179 g/mol. The largest absolute Gasteiger partial charge is 0.380 e. The van der Waals surface area contributed by atoms with Gasteiger partial charge in [-0.3, -0.25) is 0 Å². The van der Waals surface area contributed by atoms with Crippen molar-refractivity contribution in [2.75, 3.05) is 7.11 Å². The second-order valence-electron chi connectivity index (χ2n) is 2.83. The molecule has 4 nitrogen and oxygen atoms in total. The molecule has 1 aliphatic carbocycles. The van der Waals surface area contributed by atoms with Gasteiger partial charge >= 0.3 is 0 Å². The minimum absolute atomic E-state index is 0.190. The summed E-state index contributed by atoms with van der Waals surface area (Å²) >= 11 is 0. The maximum Gasteiger partial charge on any atom is 0.214 e. The molecule has 0 amide bonds. The second kappa shape index (κ2) is 3.08. The van der Waals surface area contributed by atoms with Gasteiger partial charge in [0.05, 0.1) is 6.10 Å². The number of ether oxygens (including phenoxy) is 1. The van der Waals surface area contributed by atoms with Gasteiger partial charge in [0.2, 0.25) is 10.0 Å². The van der Waals surface area contributed by atoms with Gasteiger partial charge in [-0.25, -0.2) is 13.6 Å². The van der Waals surface area contributed by atoms with Crippen molar-refractivity contribution in [1.29, 1.82) is 0 Å². The Morgan fingerprint density at radius 3 is 2.45 bits per heavy atom. The lowest BCUT2D eigenvalue weighted by Crippen LogP contribution is -2.35. The summed E-state index contributed by atoms with van der Waals surface area (Å²) in [4.78, 5) is 0. The summed E-state index contributed by atoms with van der Waals surface area (Å²) in [5.74, 6) is 0. The Morgan fingerprint density at radius 1 is 1.45 bits per heavy atom. The van der Waals surface area contributed by atoms with Crippen LogP contribution in [0.15, 0.2) is 0 Å². The molecule has 0 aliphatic heterocycles. The maximum atomic E-state index is 10.9. The van der Waals surface area contributed by atoms with Gasteiger partial charge in [0.25, 0.3) is 0 Å². The third-order valence-corrected chi connectivity index (χ3v) is 3.50. The van der Waals surface area contributed by atoms with Gasteiger partial charge in [0, 0.05) is 7.11 Å². The highest BCUT2D eigenvalue weighted by atomic mass is 32.2. The standard InChI is InChI=1S/C6H13NO3S/c1-10-5-3-2-4-6(5)11(7,8)9/h5-6H,2-4H2,1H3,(H2,7,8,9)/t5-,6+/m1/s1. The van der Waals surface area contributed by atoms with Crippen LogP contribution in [-0.4, -0.2) is 26.9 Å². The number of hydrogen-bond donors (Lipinski definition) is 1. The molecule has 0 aromatic rings. The highest BCUT2D eigenvalue weighted by molar-refractivity contribution is 7.89. The molecule has 0 heterocycles. The molecule has 1 rings (SSSR count). The van der Waals surface area contributed by atoms with Crippen molar-refractivity contribution < 1.29 is 13.2 Å². The van der Waals surface area contributed by atoms with Gasteiger partial charge in [0.15, 0.2) is 0 Å². The van der Waals surface area contributed by atoms with Crippen molar-refractivity contribution in [3.05, 3.63) is 0 Å². The maximum absolute atomic E-state index is 10.9. The Morgan fingerprint density at radius 2 is 2.09 bits per heavy atom. The first-order chi connectivity index (χ1) is 5.05. The van der Waals surface area contributed by atoms with Crippen LogP contribution in [0.4, 0.5) is 0 Å². The fourth-order valence-electron chi connectivity index (χ4n) is 1.54. The second-order valence-corrected chi connectivity index (χ2v) is 4.62. The van der Waals surface area contributed by atoms with Crippen LogP contribution in [0.1, 0.15) is 19.3 Å². The van der Waals surface area contributed by atoms with E-state index in [-0.39, 0.29) is 6.10 Å². The molecule has 2 atom stereocenters. The van der Waals surface area contributed by atoms with Gasteiger partial charge in [-0.15, -0.1) is 0 Å². The van der Waals surface area contributed by atoms with E-state index in [2.05, 4.69) is 0 Å². The Labute approximate surface area is 66.8 Å². The molecule has 0 aromatic carbocycles. The molecule has 0 aromatic heterocycles. The molecule has 1 saturated carbocycles. The van der Waals surface area contributed by atoms with Crippen molar-refractivity contribution in [1.82, 2.24) is 0 Å². The van der Waals surface area contributed by atoms with Gasteiger partial charge < -0.3 is 4.74 Å². The minimum Gasteiger partial charge on any atom is -0.380 e. The zero-order valence-corrected chi connectivity index (χ0v) is 7.30. The molecule has 11 heavy (non-hydrogen) atoms. The van der Waals surface area contributed by atoms with E-state index < -0.39 is 15.3 Å². The SMILES string of the molecule is CO[C@@H]1CCC[C@@H]1S(N)(=O)=O. The number of hydrogen-bond acceptors (Lipinski definition) is 3. The number of sulfonamides is 1. The summed E-state index contributed by atoms with van der Waals surface area (Å²) in [7, 11) is -1.87. The number of nitrogens with two attached hydrogens (primary N) is 1. The zero-order valence-electron chi connectivity index (χ0n) is 6.49. The lowest BCUT2D eigenvalue weighted by atomic mass is 10.3. The topological polar surface area (TPSA) is 69.4 Å². The van der Waals surface area contributed by atoms with Gasteiger partial charge in [-0.1, -0.05) is 0 Å². The molecule has 1 fully saturated rings. The van der Waals surface area contributed by atoms with Crippen LogP contribution in [0, 0.1) is 0 Å². The predicted molar refractivity (Wildman–Crippen MR) is 41.5 cm³/mol. The Balaban J connectivity index is 2.72. The molecule has 0 spiro atoms. The summed E-state index contributed by atoms with van der Waals surface area (Å²) < 4.78 is 26.8. The predicted octanol–water partition coefficient (Wildman–Crippen LogP) is -0.158. The van der Waals surface area contributed by atoms with Crippen LogP contribution in [0.2, 0.25) is 0 Å². The van der Waals surface area contributed by atoms with Crippen LogP contribution in [-0.2, 0) is 14.8 Å². The van der Waals surface area contributed by atoms with E-state index in [9.17, 15) is 8.42 Å². The first-order valence-electron chi connectivity index (χ1n) is 3.60. The number of methoxy groups -OCH3 is 1. The van der Waals surface area contributed by atoms with Gasteiger partial charge in [-0.05, 0) is 19.3 Å². The van der Waals surface area contributed by atoms with E-state index in [1.807, 2.05) is 0 Å². The molecule has 2 N–H and O–H groups in total. The first-order valence-corrected chi connectivity index (χ1v) is 5.21.